The Kier molecular flexibility index (Phi) is 8.18. The quantitative estimate of drug-likeness (QED) is 0.412. The lowest BCUT2D eigenvalue weighted by Gasteiger charge is -2.64. The standard InChI is InChI=1S/C20H45N3OP2/c1-16(2)21(25(10)11)15-22(26(12)13)17-14-18(3,4)23(24-9)20(7,8)19(17,5)6/h16-17H,14-15H2,1-13H3. The molecule has 0 spiro atoms. The van der Waals surface area contributed by atoms with Crippen LogP contribution in [0.5, 0.6) is 0 Å². The summed E-state index contributed by atoms with van der Waals surface area (Å²) in [6.45, 7) is 29.6. The van der Waals surface area contributed by atoms with Crippen LogP contribution in [0.2, 0.25) is 0 Å². The SMILES string of the molecule is CON1C(C)(C)CC(N(CN(C(C)C)P(C)C)P(C)C)C(C)(C)C1(C)C. The third kappa shape index (κ3) is 4.64. The Hall–Kier alpha value is 0.700. The zero-order valence-corrected chi connectivity index (χ0v) is 21.5. The van der Waals surface area contributed by atoms with E-state index in [4.69, 9.17) is 4.84 Å². The van der Waals surface area contributed by atoms with Crippen molar-refractivity contribution in [2.75, 3.05) is 40.4 Å². The Labute approximate surface area is 166 Å². The molecule has 1 fully saturated rings. The molecule has 1 atom stereocenters. The van der Waals surface area contributed by atoms with Crippen molar-refractivity contribution >= 4 is 16.1 Å². The first-order chi connectivity index (χ1) is 11.6. The van der Waals surface area contributed by atoms with Gasteiger partial charge in [-0.2, -0.15) is 5.06 Å². The molecule has 1 aliphatic heterocycles. The van der Waals surface area contributed by atoms with Gasteiger partial charge in [-0.3, -0.25) is 9.34 Å². The zero-order valence-electron chi connectivity index (χ0n) is 19.7. The lowest BCUT2D eigenvalue weighted by molar-refractivity contribution is -0.304. The van der Waals surface area contributed by atoms with Gasteiger partial charge in [-0.1, -0.05) is 13.8 Å². The van der Waals surface area contributed by atoms with Gasteiger partial charge in [0.15, 0.2) is 0 Å². The Morgan fingerprint density at radius 3 is 1.85 bits per heavy atom. The third-order valence-electron chi connectivity index (χ3n) is 6.62. The van der Waals surface area contributed by atoms with Crippen LogP contribution in [0.25, 0.3) is 0 Å². The average Bonchev–Trinajstić information content (AvgIpc) is 2.43. The highest BCUT2D eigenvalue weighted by Gasteiger charge is 2.58. The second-order valence-electron chi connectivity index (χ2n) is 10.1. The molecular formula is C20H45N3OP2. The van der Waals surface area contributed by atoms with Crippen molar-refractivity contribution in [2.45, 2.75) is 85.0 Å². The van der Waals surface area contributed by atoms with E-state index in [0.29, 0.717) is 12.1 Å². The second kappa shape index (κ2) is 8.60. The Bertz CT molecular complexity index is 456. The van der Waals surface area contributed by atoms with E-state index in [9.17, 15) is 0 Å². The van der Waals surface area contributed by atoms with Gasteiger partial charge in [-0.15, -0.1) is 0 Å². The molecule has 4 nitrogen and oxygen atoms in total. The largest absolute Gasteiger partial charge is 0.301 e. The normalized spacial score (nSPS) is 25.8. The summed E-state index contributed by atoms with van der Waals surface area (Å²) in [5, 5.41) is 2.25. The average molecular weight is 406 g/mol. The summed E-state index contributed by atoms with van der Waals surface area (Å²) >= 11 is 0. The van der Waals surface area contributed by atoms with Crippen molar-refractivity contribution in [3.63, 3.8) is 0 Å². The van der Waals surface area contributed by atoms with E-state index in [2.05, 4.69) is 96.5 Å². The molecule has 1 heterocycles. The fraction of sp³-hybridized carbons (Fsp3) is 1.00. The first-order valence-electron chi connectivity index (χ1n) is 9.83. The first-order valence-corrected chi connectivity index (χ1v) is 14.2. The van der Waals surface area contributed by atoms with E-state index in [-0.39, 0.29) is 32.6 Å². The maximum absolute atomic E-state index is 5.92. The van der Waals surface area contributed by atoms with Crippen LogP contribution in [0.4, 0.5) is 0 Å². The van der Waals surface area contributed by atoms with Gasteiger partial charge in [0.05, 0.1) is 13.8 Å². The summed E-state index contributed by atoms with van der Waals surface area (Å²) in [6, 6.07) is 1.10. The lowest BCUT2D eigenvalue weighted by Crippen LogP contribution is -2.72. The van der Waals surface area contributed by atoms with E-state index in [1.165, 1.54) is 0 Å². The summed E-state index contributed by atoms with van der Waals surface area (Å²) in [4.78, 5) is 5.92. The highest BCUT2D eigenvalue weighted by Crippen LogP contribution is 2.55. The Morgan fingerprint density at radius 2 is 1.50 bits per heavy atom. The lowest BCUT2D eigenvalue weighted by atomic mass is 9.61. The summed E-state index contributed by atoms with van der Waals surface area (Å²) in [6.07, 6.45) is 1.12. The second-order valence-corrected chi connectivity index (χ2v) is 14.5. The van der Waals surface area contributed by atoms with Gasteiger partial charge >= 0.3 is 0 Å². The maximum atomic E-state index is 5.92. The zero-order chi connectivity index (χ0) is 20.7. The van der Waals surface area contributed by atoms with Crippen molar-refractivity contribution in [1.29, 1.82) is 0 Å². The van der Waals surface area contributed by atoms with Crippen LogP contribution in [-0.2, 0) is 4.84 Å². The number of nitrogens with zero attached hydrogens (tertiary/aromatic N) is 3. The van der Waals surface area contributed by atoms with Gasteiger partial charge in [0, 0.05) is 28.6 Å². The Morgan fingerprint density at radius 1 is 1.00 bits per heavy atom. The molecule has 0 N–H and O–H groups in total. The predicted molar refractivity (Wildman–Crippen MR) is 120 cm³/mol. The number of hydroxylamine groups is 2. The van der Waals surface area contributed by atoms with Gasteiger partial charge in [0.1, 0.15) is 0 Å². The highest BCUT2D eigenvalue weighted by atomic mass is 31.1. The van der Waals surface area contributed by atoms with Crippen LogP contribution in [0.3, 0.4) is 0 Å². The Balaban J connectivity index is 3.33. The predicted octanol–water partition coefficient (Wildman–Crippen LogP) is 5.49. The minimum absolute atomic E-state index is 0.00779. The minimum Gasteiger partial charge on any atom is -0.301 e. The van der Waals surface area contributed by atoms with Crippen LogP contribution < -0.4 is 0 Å². The van der Waals surface area contributed by atoms with Crippen molar-refractivity contribution in [1.82, 2.24) is 14.4 Å². The molecule has 0 bridgehead atoms. The van der Waals surface area contributed by atoms with Gasteiger partial charge in [0.2, 0.25) is 0 Å². The maximum Gasteiger partial charge on any atom is 0.0584 e. The monoisotopic (exact) mass is 405 g/mol. The number of piperidine rings is 1. The molecule has 6 heteroatoms. The molecule has 1 rings (SSSR count). The molecule has 156 valence electrons. The topological polar surface area (TPSA) is 19.0 Å². The summed E-state index contributed by atoms with van der Waals surface area (Å²) < 4.78 is 5.50. The minimum atomic E-state index is -0.186. The van der Waals surface area contributed by atoms with Crippen LogP contribution >= 0.6 is 16.1 Å². The molecule has 0 amide bonds. The van der Waals surface area contributed by atoms with E-state index in [0.717, 1.165) is 13.1 Å². The van der Waals surface area contributed by atoms with Crippen LogP contribution in [0, 0.1) is 5.41 Å². The molecule has 0 radical (unpaired) electrons. The van der Waals surface area contributed by atoms with E-state index in [1.807, 2.05) is 7.11 Å². The molecule has 0 aliphatic carbocycles. The molecular weight excluding hydrogens is 360 g/mol. The van der Waals surface area contributed by atoms with Gasteiger partial charge in [-0.25, -0.2) is 0 Å². The summed E-state index contributed by atoms with van der Waals surface area (Å²) in [5.41, 5.74) is 0.0649. The van der Waals surface area contributed by atoms with Crippen LogP contribution in [0.15, 0.2) is 0 Å². The van der Waals surface area contributed by atoms with Crippen molar-refractivity contribution in [3.05, 3.63) is 0 Å². The smallest absolute Gasteiger partial charge is 0.0584 e. The molecule has 0 aromatic carbocycles. The molecule has 0 aromatic heterocycles. The van der Waals surface area contributed by atoms with E-state index in [1.54, 1.807) is 0 Å². The molecule has 1 saturated heterocycles. The molecule has 26 heavy (non-hydrogen) atoms. The molecule has 1 aliphatic rings. The van der Waals surface area contributed by atoms with E-state index >= 15 is 0 Å². The molecule has 0 saturated carbocycles. The number of hydrogen-bond acceptors (Lipinski definition) is 4. The number of rotatable bonds is 7. The van der Waals surface area contributed by atoms with Crippen molar-refractivity contribution < 1.29 is 4.84 Å². The van der Waals surface area contributed by atoms with E-state index < -0.39 is 0 Å². The van der Waals surface area contributed by atoms with Gasteiger partial charge in [0.25, 0.3) is 0 Å². The summed E-state index contributed by atoms with van der Waals surface area (Å²) in [5.74, 6) is 0. The fourth-order valence-corrected chi connectivity index (χ4v) is 7.32. The van der Waals surface area contributed by atoms with Crippen molar-refractivity contribution in [3.8, 4) is 0 Å². The van der Waals surface area contributed by atoms with Gasteiger partial charge in [-0.05, 0) is 90.8 Å². The first kappa shape index (κ1) is 24.7. The number of hydrogen-bond donors (Lipinski definition) is 0. The van der Waals surface area contributed by atoms with Crippen LogP contribution in [-0.4, -0.2) is 78.0 Å². The van der Waals surface area contributed by atoms with Gasteiger partial charge < -0.3 is 4.84 Å². The highest BCUT2D eigenvalue weighted by molar-refractivity contribution is 7.54. The molecule has 0 aromatic rings. The molecule has 1 unspecified atom stereocenters. The summed E-state index contributed by atoms with van der Waals surface area (Å²) in [7, 11) is 1.53. The van der Waals surface area contributed by atoms with Crippen molar-refractivity contribution in [2.24, 2.45) is 5.41 Å². The fourth-order valence-electron chi connectivity index (χ4n) is 4.59. The van der Waals surface area contributed by atoms with Crippen LogP contribution in [0.1, 0.15) is 61.8 Å². The third-order valence-corrected chi connectivity index (χ3v) is 9.66.